The molecule has 0 spiro atoms. The summed E-state index contributed by atoms with van der Waals surface area (Å²) in [6.07, 6.45) is 8.64. The number of hydrogen-bond acceptors (Lipinski definition) is 2. The summed E-state index contributed by atoms with van der Waals surface area (Å²) in [6.45, 7) is 8.20. The quantitative estimate of drug-likeness (QED) is 0.473. The number of rotatable bonds is 8. The maximum absolute atomic E-state index is 10.1. The van der Waals surface area contributed by atoms with Crippen LogP contribution in [0.5, 0.6) is 0 Å². The molecular weight excluding hydrogens is 190 g/mol. The molecule has 15 heavy (non-hydrogen) atoms. The van der Waals surface area contributed by atoms with Gasteiger partial charge in [-0.1, -0.05) is 45.4 Å². The lowest BCUT2D eigenvalue weighted by atomic mass is 10.1. The molecule has 3 heteroatoms. The van der Waals surface area contributed by atoms with Gasteiger partial charge in [-0.2, -0.15) is 0 Å². The minimum atomic E-state index is -0.663. The predicted octanol–water partition coefficient (Wildman–Crippen LogP) is 4.18. The first kappa shape index (κ1) is 19.7. The molecule has 0 aliphatic heterocycles. The van der Waals surface area contributed by atoms with Crippen molar-refractivity contribution in [3.63, 3.8) is 0 Å². The Bertz CT molecular complexity index is 127. The van der Waals surface area contributed by atoms with Gasteiger partial charge in [-0.25, -0.2) is 0 Å². The Hall–Kier alpha value is -0.830. The van der Waals surface area contributed by atoms with E-state index in [0.717, 1.165) is 12.8 Å². The minimum absolute atomic E-state index is 0. The van der Waals surface area contributed by atoms with Crippen LogP contribution in [-0.2, 0) is 4.79 Å². The van der Waals surface area contributed by atoms with E-state index in [1.165, 1.54) is 32.1 Å². The molecule has 3 nitrogen and oxygen atoms in total. The maximum atomic E-state index is 10.1. The van der Waals surface area contributed by atoms with Crippen molar-refractivity contribution in [2.75, 3.05) is 0 Å². The Kier molecular flexibility index (Phi) is 24.8. The van der Waals surface area contributed by atoms with Crippen molar-refractivity contribution in [3.8, 4) is 0 Å². The van der Waals surface area contributed by atoms with Gasteiger partial charge in [0.2, 0.25) is 0 Å². The monoisotopic (exact) mass is 217 g/mol. The zero-order valence-electron chi connectivity index (χ0n) is 10.1. The fourth-order valence-corrected chi connectivity index (χ4v) is 1.23. The summed E-state index contributed by atoms with van der Waals surface area (Å²) in [5, 5.41) is 8.35. The second kappa shape index (κ2) is 18.9. The number of carboxylic acids is 1. The number of carboxylic acid groups (broad SMARTS) is 1. The molecule has 0 aliphatic carbocycles. The molecule has 0 aliphatic rings. The Balaban J connectivity index is -0.000000449. The summed E-state index contributed by atoms with van der Waals surface area (Å²) < 4.78 is 0. The van der Waals surface area contributed by atoms with Crippen molar-refractivity contribution in [3.05, 3.63) is 13.2 Å². The first-order chi connectivity index (χ1) is 6.77. The highest BCUT2D eigenvalue weighted by Gasteiger charge is 1.95. The third kappa shape index (κ3) is 24.6. The molecule has 0 radical (unpaired) electrons. The van der Waals surface area contributed by atoms with Gasteiger partial charge < -0.3 is 11.3 Å². The maximum Gasteiger partial charge on any atom is 0.303 e. The van der Waals surface area contributed by atoms with E-state index in [4.69, 9.17) is 5.11 Å². The second-order valence-electron chi connectivity index (χ2n) is 3.27. The Morgan fingerprint density at radius 1 is 1.00 bits per heavy atom. The largest absolute Gasteiger partial charge is 0.481 e. The number of aliphatic carboxylic acids is 1. The zero-order valence-corrected chi connectivity index (χ0v) is 10.1. The van der Waals surface area contributed by atoms with Crippen LogP contribution in [0.15, 0.2) is 13.2 Å². The van der Waals surface area contributed by atoms with Gasteiger partial charge in [0.1, 0.15) is 0 Å². The molecule has 0 aromatic rings. The molecule has 0 saturated carbocycles. The summed E-state index contributed by atoms with van der Waals surface area (Å²) in [5.41, 5.74) is 0. The van der Waals surface area contributed by atoms with Gasteiger partial charge >= 0.3 is 5.97 Å². The van der Waals surface area contributed by atoms with Crippen molar-refractivity contribution in [2.45, 2.75) is 58.3 Å². The van der Waals surface area contributed by atoms with Crippen molar-refractivity contribution in [2.24, 2.45) is 0 Å². The topological polar surface area (TPSA) is 72.3 Å². The van der Waals surface area contributed by atoms with Gasteiger partial charge in [-0.15, -0.1) is 13.2 Å². The van der Waals surface area contributed by atoms with E-state index in [1.54, 1.807) is 0 Å². The minimum Gasteiger partial charge on any atom is -0.481 e. The lowest BCUT2D eigenvalue weighted by Gasteiger charge is -1.98. The van der Waals surface area contributed by atoms with Crippen molar-refractivity contribution < 1.29 is 9.90 Å². The van der Waals surface area contributed by atoms with Crippen LogP contribution in [0.2, 0.25) is 0 Å². The van der Waals surface area contributed by atoms with Gasteiger partial charge in [-0.05, 0) is 6.42 Å². The van der Waals surface area contributed by atoms with Crippen LogP contribution in [0.25, 0.3) is 0 Å². The van der Waals surface area contributed by atoms with Gasteiger partial charge in [0.15, 0.2) is 0 Å². The highest BCUT2D eigenvalue weighted by molar-refractivity contribution is 5.66. The second-order valence-corrected chi connectivity index (χ2v) is 3.27. The van der Waals surface area contributed by atoms with Crippen molar-refractivity contribution in [1.82, 2.24) is 6.15 Å². The molecule has 0 fully saturated rings. The van der Waals surface area contributed by atoms with Gasteiger partial charge in [-0.3, -0.25) is 4.79 Å². The predicted molar refractivity (Wildman–Crippen MR) is 66.5 cm³/mol. The molecule has 92 valence electrons. The summed E-state index contributed by atoms with van der Waals surface area (Å²) in [6, 6.07) is 0. The molecule has 0 atom stereocenters. The van der Waals surface area contributed by atoms with E-state index in [1.807, 2.05) is 0 Å². The van der Waals surface area contributed by atoms with Crippen LogP contribution in [-0.4, -0.2) is 11.1 Å². The summed E-state index contributed by atoms with van der Waals surface area (Å²) in [7, 11) is 0. The molecule has 0 rings (SSSR count). The molecule has 0 aromatic heterocycles. The first-order valence-corrected chi connectivity index (χ1v) is 5.49. The van der Waals surface area contributed by atoms with Crippen molar-refractivity contribution in [1.29, 1.82) is 0 Å². The molecule has 0 aromatic carbocycles. The number of unbranched alkanes of at least 4 members (excludes halogenated alkanes) is 6. The zero-order chi connectivity index (χ0) is 11.2. The first-order valence-electron chi connectivity index (χ1n) is 5.49. The van der Waals surface area contributed by atoms with Gasteiger partial charge in [0.05, 0.1) is 0 Å². The highest BCUT2D eigenvalue weighted by Crippen LogP contribution is 2.07. The van der Waals surface area contributed by atoms with Gasteiger partial charge in [0, 0.05) is 6.42 Å². The molecule has 0 saturated heterocycles. The smallest absolute Gasteiger partial charge is 0.303 e. The standard InChI is InChI=1S/C10H20O2.C2H4.H3N/c1-2-3-4-5-6-7-8-9-10(11)12;1-2;/h2-9H2,1H3,(H,11,12);1-2H2;1H3. The molecule has 0 heterocycles. The van der Waals surface area contributed by atoms with Crippen LogP contribution >= 0.6 is 0 Å². The van der Waals surface area contributed by atoms with Crippen molar-refractivity contribution >= 4 is 5.97 Å². The van der Waals surface area contributed by atoms with Crippen LogP contribution in [0.4, 0.5) is 0 Å². The molecule has 0 amide bonds. The average molecular weight is 217 g/mol. The lowest BCUT2D eigenvalue weighted by molar-refractivity contribution is -0.137. The lowest BCUT2D eigenvalue weighted by Crippen LogP contribution is -1.93. The normalized spacial score (nSPS) is 8.33. The Morgan fingerprint density at radius 2 is 1.40 bits per heavy atom. The summed E-state index contributed by atoms with van der Waals surface area (Å²) in [5.74, 6) is -0.663. The van der Waals surface area contributed by atoms with E-state index in [2.05, 4.69) is 20.1 Å². The van der Waals surface area contributed by atoms with Crippen LogP contribution in [0, 0.1) is 0 Å². The average Bonchev–Trinajstić information content (AvgIpc) is 2.19. The summed E-state index contributed by atoms with van der Waals surface area (Å²) >= 11 is 0. The molecular formula is C12H27NO2. The van der Waals surface area contributed by atoms with Crippen LogP contribution in [0.3, 0.4) is 0 Å². The Labute approximate surface area is 94.2 Å². The van der Waals surface area contributed by atoms with E-state index in [9.17, 15) is 4.79 Å². The van der Waals surface area contributed by atoms with E-state index >= 15 is 0 Å². The Morgan fingerprint density at radius 3 is 1.80 bits per heavy atom. The number of carbonyl (C=O) groups is 1. The third-order valence-corrected chi connectivity index (χ3v) is 1.99. The third-order valence-electron chi connectivity index (χ3n) is 1.99. The van der Waals surface area contributed by atoms with E-state index < -0.39 is 5.97 Å². The summed E-state index contributed by atoms with van der Waals surface area (Å²) in [4.78, 5) is 10.1. The van der Waals surface area contributed by atoms with E-state index in [0.29, 0.717) is 6.42 Å². The SMILES string of the molecule is C=C.CCCCCCCCCC(=O)O.N. The molecule has 0 bridgehead atoms. The van der Waals surface area contributed by atoms with E-state index in [-0.39, 0.29) is 6.15 Å². The number of hydrogen-bond donors (Lipinski definition) is 2. The van der Waals surface area contributed by atoms with Crippen LogP contribution in [0.1, 0.15) is 58.3 Å². The highest BCUT2D eigenvalue weighted by atomic mass is 16.4. The fraction of sp³-hybridized carbons (Fsp3) is 0.750. The fourth-order valence-electron chi connectivity index (χ4n) is 1.23. The van der Waals surface area contributed by atoms with Crippen LogP contribution < -0.4 is 6.15 Å². The van der Waals surface area contributed by atoms with Gasteiger partial charge in [0.25, 0.3) is 0 Å². The molecule has 4 N–H and O–H groups in total. The molecule has 0 unspecified atom stereocenters.